The number of nitrogens with zero attached hydrogens (tertiary/aromatic N) is 4. The summed E-state index contributed by atoms with van der Waals surface area (Å²) in [6.07, 6.45) is 6.48. The molecule has 0 radical (unpaired) electrons. The van der Waals surface area contributed by atoms with Crippen LogP contribution in [0.2, 0.25) is 0 Å². The van der Waals surface area contributed by atoms with Crippen LogP contribution in [0.1, 0.15) is 12.8 Å². The molecule has 4 rings (SSSR count). The molecule has 6 heteroatoms. The van der Waals surface area contributed by atoms with Crippen LogP contribution in [0.4, 0.5) is 5.95 Å². The highest BCUT2D eigenvalue weighted by Gasteiger charge is 2.19. The largest absolute Gasteiger partial charge is 0.436 e. The SMILES string of the molecule is OC1CCN(c2ncc(-c3ncc(-c4ccccc4)o3)cn2)CC1. The molecule has 3 heterocycles. The van der Waals surface area contributed by atoms with E-state index in [9.17, 15) is 5.11 Å². The molecule has 1 aliphatic heterocycles. The summed E-state index contributed by atoms with van der Waals surface area (Å²) in [5.74, 6) is 1.91. The smallest absolute Gasteiger partial charge is 0.229 e. The Hall–Kier alpha value is -2.73. The molecule has 2 aromatic heterocycles. The van der Waals surface area contributed by atoms with Gasteiger partial charge in [0, 0.05) is 31.0 Å². The van der Waals surface area contributed by atoms with E-state index in [0.717, 1.165) is 42.8 Å². The van der Waals surface area contributed by atoms with E-state index in [-0.39, 0.29) is 6.10 Å². The number of anilines is 1. The third-order valence-corrected chi connectivity index (χ3v) is 4.20. The molecule has 0 saturated carbocycles. The second-order valence-electron chi connectivity index (χ2n) is 5.89. The van der Waals surface area contributed by atoms with Crippen LogP contribution in [0.15, 0.2) is 53.3 Å². The van der Waals surface area contributed by atoms with Crippen molar-refractivity contribution in [2.75, 3.05) is 18.0 Å². The van der Waals surface area contributed by atoms with Gasteiger partial charge in [0.05, 0.1) is 17.9 Å². The number of rotatable bonds is 3. The Morgan fingerprint density at radius 1 is 0.917 bits per heavy atom. The molecule has 1 aliphatic rings. The van der Waals surface area contributed by atoms with Crippen LogP contribution in [0, 0.1) is 0 Å². The molecule has 122 valence electrons. The first-order valence-corrected chi connectivity index (χ1v) is 8.06. The first kappa shape index (κ1) is 14.8. The molecule has 0 atom stereocenters. The molecule has 3 aromatic rings. The summed E-state index contributed by atoms with van der Waals surface area (Å²) in [5.41, 5.74) is 1.73. The molecule has 0 unspecified atom stereocenters. The lowest BCUT2D eigenvalue weighted by Gasteiger charge is -2.29. The monoisotopic (exact) mass is 322 g/mol. The highest BCUT2D eigenvalue weighted by atomic mass is 16.4. The highest BCUT2D eigenvalue weighted by molar-refractivity contribution is 5.60. The van der Waals surface area contributed by atoms with Gasteiger partial charge in [0.1, 0.15) is 0 Å². The summed E-state index contributed by atoms with van der Waals surface area (Å²) in [6, 6.07) is 9.85. The van der Waals surface area contributed by atoms with Gasteiger partial charge in [-0.05, 0) is 12.8 Å². The average molecular weight is 322 g/mol. The van der Waals surface area contributed by atoms with E-state index in [1.54, 1.807) is 18.6 Å². The van der Waals surface area contributed by atoms with Gasteiger partial charge in [-0.25, -0.2) is 15.0 Å². The Morgan fingerprint density at radius 2 is 1.62 bits per heavy atom. The number of aliphatic hydroxyl groups is 1. The van der Waals surface area contributed by atoms with Crippen LogP contribution < -0.4 is 4.90 Å². The van der Waals surface area contributed by atoms with Gasteiger partial charge in [-0.2, -0.15) is 0 Å². The molecule has 1 fully saturated rings. The number of hydrogen-bond donors (Lipinski definition) is 1. The minimum atomic E-state index is -0.204. The van der Waals surface area contributed by atoms with Crippen molar-refractivity contribution in [3.05, 3.63) is 48.9 Å². The lowest BCUT2D eigenvalue weighted by molar-refractivity contribution is 0.145. The molecule has 24 heavy (non-hydrogen) atoms. The summed E-state index contributed by atoms with van der Waals surface area (Å²) in [4.78, 5) is 15.2. The third kappa shape index (κ3) is 3.00. The predicted molar refractivity (Wildman–Crippen MR) is 90.4 cm³/mol. The zero-order valence-corrected chi connectivity index (χ0v) is 13.2. The van der Waals surface area contributed by atoms with Crippen LogP contribution in [0.5, 0.6) is 0 Å². The second kappa shape index (κ2) is 6.41. The van der Waals surface area contributed by atoms with Crippen molar-refractivity contribution >= 4 is 5.95 Å². The molecule has 0 bridgehead atoms. The van der Waals surface area contributed by atoms with Crippen molar-refractivity contribution in [2.24, 2.45) is 0 Å². The summed E-state index contributed by atoms with van der Waals surface area (Å²) in [5, 5.41) is 9.57. The zero-order valence-electron chi connectivity index (χ0n) is 13.2. The Labute approximate surface area is 139 Å². The van der Waals surface area contributed by atoms with E-state index in [1.807, 2.05) is 30.3 Å². The Morgan fingerprint density at radius 3 is 2.33 bits per heavy atom. The van der Waals surface area contributed by atoms with E-state index in [4.69, 9.17) is 4.42 Å². The van der Waals surface area contributed by atoms with Crippen molar-refractivity contribution in [1.82, 2.24) is 15.0 Å². The lowest BCUT2D eigenvalue weighted by Crippen LogP contribution is -2.36. The minimum Gasteiger partial charge on any atom is -0.436 e. The first-order valence-electron chi connectivity index (χ1n) is 8.06. The van der Waals surface area contributed by atoms with Crippen LogP contribution in [-0.4, -0.2) is 39.3 Å². The van der Waals surface area contributed by atoms with Gasteiger partial charge in [0.2, 0.25) is 11.8 Å². The highest BCUT2D eigenvalue weighted by Crippen LogP contribution is 2.26. The molecule has 6 nitrogen and oxygen atoms in total. The van der Waals surface area contributed by atoms with Crippen LogP contribution in [0.25, 0.3) is 22.8 Å². The fraction of sp³-hybridized carbons (Fsp3) is 0.278. The van der Waals surface area contributed by atoms with Crippen molar-refractivity contribution in [3.63, 3.8) is 0 Å². The fourth-order valence-electron chi connectivity index (χ4n) is 2.80. The minimum absolute atomic E-state index is 0.204. The molecular weight excluding hydrogens is 304 g/mol. The van der Waals surface area contributed by atoms with Crippen LogP contribution in [-0.2, 0) is 0 Å². The number of aromatic nitrogens is 3. The normalized spacial score (nSPS) is 15.6. The topological polar surface area (TPSA) is 75.3 Å². The molecule has 0 spiro atoms. The summed E-state index contributed by atoms with van der Waals surface area (Å²) >= 11 is 0. The first-order chi connectivity index (χ1) is 11.8. The molecule has 1 N–H and O–H groups in total. The Balaban J connectivity index is 1.52. The van der Waals surface area contributed by atoms with Gasteiger partial charge >= 0.3 is 0 Å². The van der Waals surface area contributed by atoms with Gasteiger partial charge < -0.3 is 14.4 Å². The summed E-state index contributed by atoms with van der Waals surface area (Å²) in [7, 11) is 0. The standard InChI is InChI=1S/C18H18N4O2/c23-15-6-8-22(9-7-15)18-20-10-14(11-21-18)17-19-12-16(24-17)13-4-2-1-3-5-13/h1-5,10-12,15,23H,6-9H2. The third-order valence-electron chi connectivity index (χ3n) is 4.20. The quantitative estimate of drug-likeness (QED) is 0.799. The molecule has 1 aromatic carbocycles. The van der Waals surface area contributed by atoms with Gasteiger partial charge in [0.15, 0.2) is 5.76 Å². The molecule has 1 saturated heterocycles. The number of benzene rings is 1. The predicted octanol–water partition coefficient (Wildman–Crippen LogP) is 2.76. The molecule has 0 amide bonds. The van der Waals surface area contributed by atoms with Crippen LogP contribution in [0.3, 0.4) is 0 Å². The number of oxazole rings is 1. The van der Waals surface area contributed by atoms with Crippen molar-refractivity contribution in [3.8, 4) is 22.8 Å². The number of aliphatic hydroxyl groups excluding tert-OH is 1. The lowest BCUT2D eigenvalue weighted by atomic mass is 10.1. The molecular formula is C18H18N4O2. The van der Waals surface area contributed by atoms with E-state index >= 15 is 0 Å². The van der Waals surface area contributed by atoms with Gasteiger partial charge in [-0.15, -0.1) is 0 Å². The summed E-state index contributed by atoms with van der Waals surface area (Å²) < 4.78 is 5.82. The molecule has 0 aliphatic carbocycles. The van der Waals surface area contributed by atoms with Crippen molar-refractivity contribution in [2.45, 2.75) is 18.9 Å². The van der Waals surface area contributed by atoms with E-state index in [2.05, 4.69) is 19.9 Å². The zero-order chi connectivity index (χ0) is 16.4. The van der Waals surface area contributed by atoms with Crippen molar-refractivity contribution in [1.29, 1.82) is 0 Å². The van der Waals surface area contributed by atoms with E-state index < -0.39 is 0 Å². The van der Waals surface area contributed by atoms with Gasteiger partial charge in [-0.3, -0.25) is 0 Å². The maximum absolute atomic E-state index is 9.57. The van der Waals surface area contributed by atoms with Crippen LogP contribution >= 0.6 is 0 Å². The van der Waals surface area contributed by atoms with Crippen molar-refractivity contribution < 1.29 is 9.52 Å². The maximum atomic E-state index is 9.57. The maximum Gasteiger partial charge on any atom is 0.229 e. The Bertz CT molecular complexity index is 793. The second-order valence-corrected chi connectivity index (χ2v) is 5.89. The van der Waals surface area contributed by atoms with Gasteiger partial charge in [0.25, 0.3) is 0 Å². The van der Waals surface area contributed by atoms with Gasteiger partial charge in [-0.1, -0.05) is 30.3 Å². The number of hydrogen-bond acceptors (Lipinski definition) is 6. The Kier molecular flexibility index (Phi) is 3.96. The fourth-order valence-corrected chi connectivity index (χ4v) is 2.80. The average Bonchev–Trinajstić information content (AvgIpc) is 3.13. The summed E-state index contributed by atoms with van der Waals surface area (Å²) in [6.45, 7) is 1.55. The van der Waals surface area contributed by atoms with E-state index in [0.29, 0.717) is 11.8 Å². The number of piperidine rings is 1. The van der Waals surface area contributed by atoms with E-state index in [1.165, 1.54) is 0 Å².